The van der Waals surface area contributed by atoms with Crippen molar-refractivity contribution in [2.24, 2.45) is 0 Å². The van der Waals surface area contributed by atoms with E-state index in [-0.39, 0.29) is 38.7 Å². The molecule has 1 N–H and O–H groups in total. The Morgan fingerprint density at radius 3 is 2.43 bits per heavy atom. The fourth-order valence-corrected chi connectivity index (χ4v) is 0.819. The van der Waals surface area contributed by atoms with Crippen LogP contribution in [0.5, 0.6) is 0 Å². The normalized spacial score (nSPS) is 8.93. The molecule has 0 heterocycles. The number of carbonyl (C=O) groups excluding carboxylic acids is 1. The van der Waals surface area contributed by atoms with E-state index >= 15 is 0 Å². The molecule has 0 saturated carbocycles. The van der Waals surface area contributed by atoms with Crippen LogP contribution in [0.25, 0.3) is 0 Å². The molecule has 0 spiro atoms. The van der Waals surface area contributed by atoms with Gasteiger partial charge in [-0.25, -0.2) is 0 Å². The molecule has 0 unspecified atom stereocenters. The predicted molar refractivity (Wildman–Crippen MR) is 55.3 cm³/mol. The molecule has 80 valence electrons. The maximum Gasteiger partial charge on any atom is 2.00 e. The van der Waals surface area contributed by atoms with Crippen LogP contribution in [0, 0.1) is 0 Å². The van der Waals surface area contributed by atoms with Gasteiger partial charge in [0.1, 0.15) is 0 Å². The first kappa shape index (κ1) is 16.1. The van der Waals surface area contributed by atoms with Gasteiger partial charge >= 0.3 is 35.0 Å². The largest absolute Gasteiger partial charge is 2.00 e. The molecule has 0 fully saturated rings. The maximum absolute atomic E-state index is 10.8. The number of carbonyl (C=O) groups is 2. The van der Waals surface area contributed by atoms with Crippen molar-refractivity contribution >= 4 is 35.0 Å². The standard InChI is InChI=1S/C9H16O4.Mg.2H/c1-2-3-4-7-13-9(12)6-5-8(10)11;;;/h2-7H2,1H3,(H,10,11);;;/q;+2;2*-1. The van der Waals surface area contributed by atoms with Crippen LogP contribution in [-0.2, 0) is 14.3 Å². The Labute approximate surface area is 103 Å². The molecule has 0 aromatic heterocycles. The van der Waals surface area contributed by atoms with Gasteiger partial charge in [-0.15, -0.1) is 0 Å². The Bertz CT molecular complexity index is 179. The second kappa shape index (κ2) is 10.8. The third-order valence-electron chi connectivity index (χ3n) is 1.55. The van der Waals surface area contributed by atoms with Crippen LogP contribution in [0.2, 0.25) is 0 Å². The first-order valence-electron chi connectivity index (χ1n) is 4.54. The first-order chi connectivity index (χ1) is 6.16. The number of unbranched alkanes of at least 4 members (excludes halogenated alkanes) is 2. The van der Waals surface area contributed by atoms with Crippen molar-refractivity contribution < 1.29 is 22.3 Å². The molecule has 14 heavy (non-hydrogen) atoms. The van der Waals surface area contributed by atoms with Gasteiger partial charge in [-0.3, -0.25) is 9.59 Å². The van der Waals surface area contributed by atoms with Gasteiger partial charge in [0.25, 0.3) is 0 Å². The van der Waals surface area contributed by atoms with Gasteiger partial charge in [0.2, 0.25) is 0 Å². The smallest absolute Gasteiger partial charge is 1.00 e. The predicted octanol–water partition coefficient (Wildman–Crippen LogP) is 1.43. The topological polar surface area (TPSA) is 63.6 Å². The van der Waals surface area contributed by atoms with E-state index in [1.165, 1.54) is 0 Å². The van der Waals surface area contributed by atoms with E-state index in [4.69, 9.17) is 9.84 Å². The molecule has 0 aliphatic heterocycles. The van der Waals surface area contributed by atoms with Gasteiger partial charge in [0.15, 0.2) is 0 Å². The van der Waals surface area contributed by atoms with Crippen molar-refractivity contribution in [3.8, 4) is 0 Å². The average molecular weight is 215 g/mol. The number of hydrogen-bond donors (Lipinski definition) is 1. The maximum atomic E-state index is 10.8. The fourth-order valence-electron chi connectivity index (χ4n) is 0.819. The van der Waals surface area contributed by atoms with E-state index in [0.29, 0.717) is 6.61 Å². The van der Waals surface area contributed by atoms with Crippen molar-refractivity contribution in [2.45, 2.75) is 39.0 Å². The summed E-state index contributed by atoms with van der Waals surface area (Å²) >= 11 is 0. The second-order valence-electron chi connectivity index (χ2n) is 2.82. The second-order valence-corrected chi connectivity index (χ2v) is 2.82. The van der Waals surface area contributed by atoms with Crippen LogP contribution in [0.4, 0.5) is 0 Å². The van der Waals surface area contributed by atoms with Gasteiger partial charge in [-0.05, 0) is 6.42 Å². The Kier molecular flexibility index (Phi) is 12.4. The zero-order valence-corrected chi connectivity index (χ0v) is 10.0. The molecule has 0 bridgehead atoms. The molecule has 0 radical (unpaired) electrons. The average Bonchev–Trinajstić information content (AvgIpc) is 2.09. The van der Waals surface area contributed by atoms with Crippen molar-refractivity contribution in [2.75, 3.05) is 6.61 Å². The molecular weight excluding hydrogens is 196 g/mol. The Morgan fingerprint density at radius 1 is 1.29 bits per heavy atom. The van der Waals surface area contributed by atoms with Gasteiger partial charge < -0.3 is 12.7 Å². The number of carboxylic acids is 1. The fraction of sp³-hybridized carbons (Fsp3) is 0.778. The molecule has 0 aliphatic rings. The molecular formula is C9H18MgO4. The quantitative estimate of drug-likeness (QED) is 0.396. The van der Waals surface area contributed by atoms with Crippen LogP contribution in [0.3, 0.4) is 0 Å². The molecule has 4 nitrogen and oxygen atoms in total. The van der Waals surface area contributed by atoms with Crippen LogP contribution >= 0.6 is 0 Å². The number of carboxylic acid groups (broad SMARTS) is 1. The molecule has 5 heteroatoms. The summed E-state index contributed by atoms with van der Waals surface area (Å²) in [5, 5.41) is 8.26. The van der Waals surface area contributed by atoms with Gasteiger partial charge in [0.05, 0.1) is 19.4 Å². The third kappa shape index (κ3) is 11.7. The number of ether oxygens (including phenoxy) is 1. The molecule has 0 saturated heterocycles. The van der Waals surface area contributed by atoms with Crippen molar-refractivity contribution in [1.29, 1.82) is 0 Å². The molecule has 0 amide bonds. The molecule has 0 atom stereocenters. The van der Waals surface area contributed by atoms with Crippen LogP contribution in [0.1, 0.15) is 41.9 Å². The summed E-state index contributed by atoms with van der Waals surface area (Å²) in [5.41, 5.74) is 0. The van der Waals surface area contributed by atoms with E-state index in [9.17, 15) is 9.59 Å². The van der Waals surface area contributed by atoms with Crippen molar-refractivity contribution in [3.05, 3.63) is 0 Å². The Balaban J connectivity index is -0.000000240. The van der Waals surface area contributed by atoms with Crippen LogP contribution in [0.15, 0.2) is 0 Å². The minimum absolute atomic E-state index is 0. The number of hydrogen-bond acceptors (Lipinski definition) is 3. The summed E-state index contributed by atoms with van der Waals surface area (Å²) in [4.78, 5) is 20.9. The van der Waals surface area contributed by atoms with E-state index in [0.717, 1.165) is 19.3 Å². The van der Waals surface area contributed by atoms with E-state index in [1.807, 2.05) is 0 Å². The summed E-state index contributed by atoms with van der Waals surface area (Å²) in [6, 6.07) is 0. The van der Waals surface area contributed by atoms with Gasteiger partial charge in [-0.1, -0.05) is 19.8 Å². The van der Waals surface area contributed by atoms with E-state index < -0.39 is 11.9 Å². The summed E-state index contributed by atoms with van der Waals surface area (Å²) in [7, 11) is 0. The van der Waals surface area contributed by atoms with Crippen molar-refractivity contribution in [1.82, 2.24) is 0 Å². The van der Waals surface area contributed by atoms with Gasteiger partial charge in [0, 0.05) is 0 Å². The monoisotopic (exact) mass is 214 g/mol. The minimum atomic E-state index is -0.967. The zero-order chi connectivity index (χ0) is 10.1. The third-order valence-corrected chi connectivity index (χ3v) is 1.55. The zero-order valence-electron chi connectivity index (χ0n) is 10.6. The van der Waals surface area contributed by atoms with E-state index in [2.05, 4.69) is 6.92 Å². The summed E-state index contributed by atoms with van der Waals surface area (Å²) in [6.45, 7) is 2.47. The first-order valence-corrected chi connectivity index (χ1v) is 4.54. The Hall–Kier alpha value is -0.294. The summed E-state index contributed by atoms with van der Waals surface area (Å²) in [5.74, 6) is -1.39. The van der Waals surface area contributed by atoms with Crippen LogP contribution < -0.4 is 0 Å². The number of aliphatic carboxylic acids is 1. The molecule has 0 rings (SSSR count). The summed E-state index contributed by atoms with van der Waals surface area (Å²) < 4.78 is 4.79. The van der Waals surface area contributed by atoms with Crippen LogP contribution in [-0.4, -0.2) is 46.7 Å². The Morgan fingerprint density at radius 2 is 1.93 bits per heavy atom. The molecule has 0 aromatic carbocycles. The van der Waals surface area contributed by atoms with E-state index in [1.54, 1.807) is 0 Å². The molecule has 0 aromatic rings. The number of rotatable bonds is 7. The number of esters is 1. The molecule has 0 aliphatic carbocycles. The SMILES string of the molecule is CCCCCOC(=O)CCC(=O)O.[H-].[H-].[Mg+2]. The van der Waals surface area contributed by atoms with Crippen molar-refractivity contribution in [3.63, 3.8) is 0 Å². The summed E-state index contributed by atoms with van der Waals surface area (Å²) in [6.07, 6.45) is 2.79. The minimum Gasteiger partial charge on any atom is -1.00 e. The van der Waals surface area contributed by atoms with Gasteiger partial charge in [-0.2, -0.15) is 0 Å².